The van der Waals surface area contributed by atoms with Gasteiger partial charge in [-0.3, -0.25) is 4.79 Å². The maximum Gasteiger partial charge on any atom is 0.345 e. The first-order chi connectivity index (χ1) is 12.5. The van der Waals surface area contributed by atoms with E-state index in [9.17, 15) is 19.8 Å². The molecule has 26 heavy (non-hydrogen) atoms. The molecule has 1 aliphatic rings. The number of nitrogens with zero attached hydrogens (tertiary/aromatic N) is 1. The van der Waals surface area contributed by atoms with E-state index in [2.05, 4.69) is 0 Å². The van der Waals surface area contributed by atoms with Crippen molar-refractivity contribution in [3.8, 4) is 11.5 Å². The van der Waals surface area contributed by atoms with Crippen molar-refractivity contribution in [1.82, 2.24) is 4.57 Å². The molecule has 0 bridgehead atoms. The second-order valence-corrected chi connectivity index (χ2v) is 6.33. The summed E-state index contributed by atoms with van der Waals surface area (Å²) in [6.45, 7) is 0.468. The minimum absolute atomic E-state index is 0.0960. The van der Waals surface area contributed by atoms with Crippen LogP contribution >= 0.6 is 11.6 Å². The van der Waals surface area contributed by atoms with E-state index in [-0.39, 0.29) is 48.6 Å². The average Bonchev–Trinajstić information content (AvgIpc) is 3.40. The third-order valence-electron chi connectivity index (χ3n) is 4.08. The number of fused-ring (bicyclic) bond motifs is 1. The molecular weight excluding hydrogens is 366 g/mol. The molecule has 2 aromatic rings. The third-order valence-corrected chi connectivity index (χ3v) is 4.38. The number of halogens is 1. The molecule has 1 fully saturated rings. The lowest BCUT2D eigenvalue weighted by Crippen LogP contribution is -2.26. The van der Waals surface area contributed by atoms with Crippen molar-refractivity contribution >= 4 is 28.5 Å². The highest BCUT2D eigenvalue weighted by Gasteiger charge is 2.31. The molecular formula is C17H18ClNO7. The largest absolute Gasteiger partial charge is 0.506 e. The van der Waals surface area contributed by atoms with Crippen molar-refractivity contribution in [2.24, 2.45) is 0 Å². The molecule has 1 aromatic heterocycles. The molecule has 3 rings (SSSR count). The van der Waals surface area contributed by atoms with Crippen LogP contribution in [0.1, 0.15) is 29.2 Å². The predicted molar refractivity (Wildman–Crippen MR) is 93.5 cm³/mol. The zero-order valence-corrected chi connectivity index (χ0v) is 14.5. The Hall–Kier alpha value is -2.29. The van der Waals surface area contributed by atoms with Gasteiger partial charge in [-0.05, 0) is 25.0 Å². The van der Waals surface area contributed by atoms with E-state index in [1.54, 1.807) is 0 Å². The van der Waals surface area contributed by atoms with Crippen molar-refractivity contribution in [2.75, 3.05) is 26.4 Å². The lowest BCUT2D eigenvalue weighted by Gasteiger charge is -2.15. The summed E-state index contributed by atoms with van der Waals surface area (Å²) >= 11 is 6.23. The van der Waals surface area contributed by atoms with Crippen molar-refractivity contribution in [3.05, 3.63) is 33.1 Å². The normalized spacial score (nSPS) is 13.9. The fourth-order valence-corrected chi connectivity index (χ4v) is 2.99. The fraction of sp³-hybridized carbons (Fsp3) is 0.412. The summed E-state index contributed by atoms with van der Waals surface area (Å²) in [5.41, 5.74) is -1.04. The van der Waals surface area contributed by atoms with Gasteiger partial charge < -0.3 is 29.4 Å². The lowest BCUT2D eigenvalue weighted by atomic mass is 10.1. The summed E-state index contributed by atoms with van der Waals surface area (Å²) in [5.74, 6) is -1.86. The number of ether oxygens (including phenoxy) is 2. The average molecular weight is 384 g/mol. The SMILES string of the molecule is O=C(O)c1c(O)c2cc(OCCOCCO)c(Cl)cc2n(C2CC2)c1=O. The van der Waals surface area contributed by atoms with Gasteiger partial charge in [-0.15, -0.1) is 0 Å². The molecule has 9 heteroatoms. The maximum atomic E-state index is 12.5. The van der Waals surface area contributed by atoms with Crippen molar-refractivity contribution in [2.45, 2.75) is 18.9 Å². The summed E-state index contributed by atoms with van der Waals surface area (Å²) in [6.07, 6.45) is 1.52. The van der Waals surface area contributed by atoms with E-state index in [4.69, 9.17) is 26.2 Å². The van der Waals surface area contributed by atoms with Gasteiger partial charge in [0.2, 0.25) is 0 Å². The van der Waals surface area contributed by atoms with Gasteiger partial charge in [-0.25, -0.2) is 4.79 Å². The molecule has 0 unspecified atom stereocenters. The highest BCUT2D eigenvalue weighted by Crippen LogP contribution is 2.41. The van der Waals surface area contributed by atoms with Gasteiger partial charge in [0, 0.05) is 11.4 Å². The second kappa shape index (κ2) is 7.53. The topological polar surface area (TPSA) is 118 Å². The molecule has 0 radical (unpaired) electrons. The molecule has 0 aliphatic heterocycles. The van der Waals surface area contributed by atoms with E-state index < -0.39 is 22.8 Å². The molecule has 1 aromatic carbocycles. The molecule has 0 saturated heterocycles. The fourth-order valence-electron chi connectivity index (χ4n) is 2.77. The van der Waals surface area contributed by atoms with Crippen LogP contribution < -0.4 is 10.3 Å². The number of hydrogen-bond acceptors (Lipinski definition) is 6. The maximum absolute atomic E-state index is 12.5. The van der Waals surface area contributed by atoms with Gasteiger partial charge in [0.25, 0.3) is 5.56 Å². The molecule has 1 aliphatic carbocycles. The summed E-state index contributed by atoms with van der Waals surface area (Å²) in [5, 5.41) is 28.7. The van der Waals surface area contributed by atoms with Crippen LogP contribution in [0.4, 0.5) is 0 Å². The van der Waals surface area contributed by atoms with Gasteiger partial charge in [0.1, 0.15) is 18.1 Å². The second-order valence-electron chi connectivity index (χ2n) is 5.92. The van der Waals surface area contributed by atoms with E-state index in [0.29, 0.717) is 5.52 Å². The zero-order chi connectivity index (χ0) is 18.8. The Morgan fingerprint density at radius 3 is 2.62 bits per heavy atom. The number of aromatic hydroxyl groups is 1. The van der Waals surface area contributed by atoms with Crippen molar-refractivity contribution in [1.29, 1.82) is 0 Å². The first-order valence-electron chi connectivity index (χ1n) is 8.11. The van der Waals surface area contributed by atoms with Crippen molar-refractivity contribution < 1.29 is 29.6 Å². The molecule has 8 nitrogen and oxygen atoms in total. The van der Waals surface area contributed by atoms with Crippen LogP contribution in [0.5, 0.6) is 11.5 Å². The smallest absolute Gasteiger partial charge is 0.345 e. The lowest BCUT2D eigenvalue weighted by molar-refractivity contribution is 0.0691. The number of rotatable bonds is 8. The minimum atomic E-state index is -1.49. The number of aromatic nitrogens is 1. The first kappa shape index (κ1) is 18.5. The van der Waals surface area contributed by atoms with E-state index in [1.165, 1.54) is 16.7 Å². The van der Waals surface area contributed by atoms with Crippen LogP contribution in [0, 0.1) is 0 Å². The molecule has 140 valence electrons. The van der Waals surface area contributed by atoms with Gasteiger partial charge in [-0.1, -0.05) is 11.6 Å². The van der Waals surface area contributed by atoms with Crippen molar-refractivity contribution in [3.63, 3.8) is 0 Å². The van der Waals surface area contributed by atoms with Crippen LogP contribution in [0.2, 0.25) is 5.02 Å². The Bertz CT molecular complexity index is 904. The van der Waals surface area contributed by atoms with E-state index in [0.717, 1.165) is 12.8 Å². The van der Waals surface area contributed by atoms with Crippen LogP contribution in [-0.2, 0) is 4.74 Å². The number of benzene rings is 1. The van der Waals surface area contributed by atoms with Gasteiger partial charge >= 0.3 is 5.97 Å². The minimum Gasteiger partial charge on any atom is -0.506 e. The van der Waals surface area contributed by atoms with Crippen LogP contribution in [0.15, 0.2) is 16.9 Å². The first-order valence-corrected chi connectivity index (χ1v) is 8.49. The molecule has 1 heterocycles. The summed E-state index contributed by atoms with van der Waals surface area (Å²) in [7, 11) is 0. The van der Waals surface area contributed by atoms with E-state index in [1.807, 2.05) is 0 Å². The Kier molecular flexibility index (Phi) is 5.36. The highest BCUT2D eigenvalue weighted by atomic mass is 35.5. The zero-order valence-electron chi connectivity index (χ0n) is 13.8. The monoisotopic (exact) mass is 383 g/mol. The van der Waals surface area contributed by atoms with E-state index >= 15 is 0 Å². The van der Waals surface area contributed by atoms with Crippen LogP contribution in [0.25, 0.3) is 10.9 Å². The number of carboxylic acids is 1. The number of carbonyl (C=O) groups is 1. The summed E-state index contributed by atoms with van der Waals surface area (Å²) in [4.78, 5) is 23.9. The number of carboxylic acid groups (broad SMARTS) is 1. The summed E-state index contributed by atoms with van der Waals surface area (Å²) in [6, 6.07) is 2.81. The predicted octanol–water partition coefficient (Wildman–Crippen LogP) is 1.78. The molecule has 0 amide bonds. The van der Waals surface area contributed by atoms with Gasteiger partial charge in [-0.2, -0.15) is 0 Å². The summed E-state index contributed by atoms with van der Waals surface area (Å²) < 4.78 is 12.0. The van der Waals surface area contributed by atoms with Crippen LogP contribution in [0.3, 0.4) is 0 Å². The van der Waals surface area contributed by atoms with Gasteiger partial charge in [0.15, 0.2) is 5.56 Å². The quantitative estimate of drug-likeness (QED) is 0.594. The van der Waals surface area contributed by atoms with Gasteiger partial charge in [0.05, 0.1) is 30.4 Å². The Balaban J connectivity index is 2.05. The Morgan fingerprint density at radius 1 is 1.27 bits per heavy atom. The molecule has 0 spiro atoms. The molecule has 0 atom stereocenters. The Morgan fingerprint density at radius 2 is 2.00 bits per heavy atom. The molecule has 1 saturated carbocycles. The number of aliphatic hydroxyl groups is 1. The number of pyridine rings is 1. The highest BCUT2D eigenvalue weighted by molar-refractivity contribution is 6.33. The Labute approximate surface area is 153 Å². The standard InChI is InChI=1S/C17H18ClNO7/c18-11-8-12-10(7-13(11)26-6-5-25-4-3-20)15(21)14(17(23)24)16(22)19(12)9-1-2-9/h7-9,20-21H,1-6H2,(H,23,24). The molecule has 3 N–H and O–H groups in total. The number of hydrogen-bond donors (Lipinski definition) is 3. The third kappa shape index (κ3) is 3.48. The number of aliphatic hydroxyl groups excluding tert-OH is 1. The number of aromatic carboxylic acids is 1. The van der Waals surface area contributed by atoms with Crippen LogP contribution in [-0.4, -0.2) is 52.3 Å².